The predicted molar refractivity (Wildman–Crippen MR) is 77.4 cm³/mol. The first-order valence-electron chi connectivity index (χ1n) is 7.09. The summed E-state index contributed by atoms with van der Waals surface area (Å²) >= 11 is 0. The number of nitrogens with two attached hydrogens (primary N) is 1. The van der Waals surface area contributed by atoms with Crippen LogP contribution in [0.1, 0.15) is 39.5 Å². The highest BCUT2D eigenvalue weighted by molar-refractivity contribution is 5.84. The summed E-state index contributed by atoms with van der Waals surface area (Å²) in [5.41, 5.74) is 5.62. The lowest BCUT2D eigenvalue weighted by Crippen LogP contribution is -2.42. The van der Waals surface area contributed by atoms with Crippen LogP contribution in [0.25, 0.3) is 0 Å². The molecule has 122 valence electrons. The minimum atomic E-state index is -1.17. The predicted octanol–water partition coefficient (Wildman–Crippen LogP) is 0.520. The van der Waals surface area contributed by atoms with Crippen LogP contribution < -0.4 is 11.1 Å². The molecular weight excluding hydrogens is 276 g/mol. The number of carboxylic acid groups (broad SMARTS) is 1. The topological polar surface area (TPSA) is 119 Å². The highest BCUT2D eigenvalue weighted by Crippen LogP contribution is 2.14. The number of amides is 1. The Kier molecular flexibility index (Phi) is 9.36. The van der Waals surface area contributed by atoms with E-state index in [9.17, 15) is 14.4 Å². The fourth-order valence-corrected chi connectivity index (χ4v) is 2.07. The Bertz CT molecular complexity index is 357. The number of nitrogens with one attached hydrogen (secondary N) is 1. The van der Waals surface area contributed by atoms with Gasteiger partial charge >= 0.3 is 11.9 Å². The standard InChI is InChI=1S/C14H26N2O5/c1-9(2)6-10(8-15)7-12(17)16-11(14(19)20)4-5-13(18)21-3/h9-11H,4-8,15H2,1-3H3,(H,16,17)(H,19,20)/t10?,11-/m0/s1. The molecule has 0 spiro atoms. The highest BCUT2D eigenvalue weighted by atomic mass is 16.5. The molecule has 0 aliphatic rings. The van der Waals surface area contributed by atoms with Crippen molar-refractivity contribution < 1.29 is 24.2 Å². The van der Waals surface area contributed by atoms with Gasteiger partial charge in [-0.25, -0.2) is 4.79 Å². The van der Waals surface area contributed by atoms with E-state index in [2.05, 4.69) is 10.1 Å². The maximum Gasteiger partial charge on any atom is 0.326 e. The number of ether oxygens (including phenoxy) is 1. The number of carbonyl (C=O) groups excluding carboxylic acids is 2. The second kappa shape index (κ2) is 10.1. The van der Waals surface area contributed by atoms with Gasteiger partial charge in [0.25, 0.3) is 0 Å². The number of methoxy groups -OCH3 is 1. The molecule has 1 amide bonds. The summed E-state index contributed by atoms with van der Waals surface area (Å²) in [6.45, 7) is 4.46. The molecule has 0 aromatic rings. The quantitative estimate of drug-likeness (QED) is 0.506. The molecule has 0 bridgehead atoms. The highest BCUT2D eigenvalue weighted by Gasteiger charge is 2.22. The molecule has 0 aliphatic heterocycles. The molecule has 1 unspecified atom stereocenters. The molecule has 0 saturated carbocycles. The van der Waals surface area contributed by atoms with E-state index in [0.29, 0.717) is 12.5 Å². The van der Waals surface area contributed by atoms with Gasteiger partial charge in [0.15, 0.2) is 0 Å². The summed E-state index contributed by atoms with van der Waals surface area (Å²) in [7, 11) is 1.23. The first kappa shape index (κ1) is 19.4. The minimum absolute atomic E-state index is 0.00518. The van der Waals surface area contributed by atoms with Crippen molar-refractivity contribution in [2.45, 2.75) is 45.6 Å². The summed E-state index contributed by atoms with van der Waals surface area (Å²) in [4.78, 5) is 34.0. The van der Waals surface area contributed by atoms with E-state index in [4.69, 9.17) is 10.8 Å². The van der Waals surface area contributed by atoms with Crippen molar-refractivity contribution in [1.29, 1.82) is 0 Å². The van der Waals surface area contributed by atoms with Crippen molar-refractivity contribution in [3.8, 4) is 0 Å². The summed E-state index contributed by atoms with van der Waals surface area (Å²) in [6, 6.07) is -1.09. The first-order valence-corrected chi connectivity index (χ1v) is 7.09. The fraction of sp³-hybridized carbons (Fsp3) is 0.786. The SMILES string of the molecule is COC(=O)CC[C@H](NC(=O)CC(CN)CC(C)C)C(=O)O. The van der Waals surface area contributed by atoms with Gasteiger partial charge in [-0.3, -0.25) is 9.59 Å². The minimum Gasteiger partial charge on any atom is -0.480 e. The summed E-state index contributed by atoms with van der Waals surface area (Å²) in [5, 5.41) is 11.5. The Hall–Kier alpha value is -1.63. The Morgan fingerprint density at radius 1 is 1.29 bits per heavy atom. The number of hydrogen-bond donors (Lipinski definition) is 3. The number of hydrogen-bond acceptors (Lipinski definition) is 5. The number of rotatable bonds is 10. The van der Waals surface area contributed by atoms with Crippen molar-refractivity contribution in [3.63, 3.8) is 0 Å². The van der Waals surface area contributed by atoms with Crippen molar-refractivity contribution in [3.05, 3.63) is 0 Å². The summed E-state index contributed by atoms with van der Waals surface area (Å²) in [5.74, 6) is -1.58. The third kappa shape index (κ3) is 9.01. The molecule has 4 N–H and O–H groups in total. The molecule has 0 rings (SSSR count). The van der Waals surface area contributed by atoms with Gasteiger partial charge in [-0.2, -0.15) is 0 Å². The Balaban J connectivity index is 4.39. The van der Waals surface area contributed by atoms with E-state index in [0.717, 1.165) is 6.42 Å². The maximum atomic E-state index is 11.9. The lowest BCUT2D eigenvalue weighted by Gasteiger charge is -2.19. The van der Waals surface area contributed by atoms with Crippen LogP contribution in [0, 0.1) is 11.8 Å². The largest absolute Gasteiger partial charge is 0.480 e. The number of carboxylic acids is 1. The molecule has 2 atom stereocenters. The second-order valence-corrected chi connectivity index (χ2v) is 5.51. The first-order chi connectivity index (χ1) is 9.79. The van der Waals surface area contributed by atoms with Crippen molar-refractivity contribution in [1.82, 2.24) is 5.32 Å². The lowest BCUT2D eigenvalue weighted by molar-refractivity contribution is -0.144. The van der Waals surface area contributed by atoms with Gasteiger partial charge in [-0.05, 0) is 31.2 Å². The van der Waals surface area contributed by atoms with Gasteiger partial charge in [0.05, 0.1) is 7.11 Å². The van der Waals surface area contributed by atoms with Crippen LogP contribution in [-0.2, 0) is 19.1 Å². The third-order valence-corrected chi connectivity index (χ3v) is 3.11. The average molecular weight is 302 g/mol. The van der Waals surface area contributed by atoms with Crippen molar-refractivity contribution in [2.24, 2.45) is 17.6 Å². The third-order valence-electron chi connectivity index (χ3n) is 3.11. The lowest BCUT2D eigenvalue weighted by atomic mass is 9.94. The summed E-state index contributed by atoms with van der Waals surface area (Å²) < 4.78 is 4.45. The average Bonchev–Trinajstić information content (AvgIpc) is 2.41. The molecule has 0 saturated heterocycles. The van der Waals surface area contributed by atoms with E-state index in [-0.39, 0.29) is 31.1 Å². The molecule has 0 aliphatic carbocycles. The zero-order chi connectivity index (χ0) is 16.4. The monoisotopic (exact) mass is 302 g/mol. The van der Waals surface area contributed by atoms with Crippen LogP contribution in [0.2, 0.25) is 0 Å². The van der Waals surface area contributed by atoms with Crippen LogP contribution >= 0.6 is 0 Å². The second-order valence-electron chi connectivity index (χ2n) is 5.51. The Morgan fingerprint density at radius 2 is 1.90 bits per heavy atom. The molecule has 0 fully saturated rings. The molecule has 7 heteroatoms. The molecular formula is C14H26N2O5. The number of esters is 1. The Labute approximate surface area is 125 Å². The van der Waals surface area contributed by atoms with E-state index in [1.54, 1.807) is 0 Å². The van der Waals surface area contributed by atoms with Gasteiger partial charge in [-0.15, -0.1) is 0 Å². The smallest absolute Gasteiger partial charge is 0.326 e. The summed E-state index contributed by atoms with van der Waals surface area (Å²) in [6.07, 6.45) is 0.950. The van der Waals surface area contributed by atoms with Crippen LogP contribution in [0.4, 0.5) is 0 Å². The van der Waals surface area contributed by atoms with Crippen molar-refractivity contribution in [2.75, 3.05) is 13.7 Å². The van der Waals surface area contributed by atoms with E-state index < -0.39 is 18.0 Å². The van der Waals surface area contributed by atoms with Crippen LogP contribution in [0.5, 0.6) is 0 Å². The van der Waals surface area contributed by atoms with E-state index in [1.165, 1.54) is 7.11 Å². The van der Waals surface area contributed by atoms with Crippen LogP contribution in [0.3, 0.4) is 0 Å². The molecule has 21 heavy (non-hydrogen) atoms. The fourth-order valence-electron chi connectivity index (χ4n) is 2.07. The molecule has 0 heterocycles. The normalized spacial score (nSPS) is 13.6. The van der Waals surface area contributed by atoms with Crippen molar-refractivity contribution >= 4 is 17.8 Å². The van der Waals surface area contributed by atoms with Gasteiger partial charge in [0.2, 0.25) is 5.91 Å². The van der Waals surface area contributed by atoms with E-state index in [1.807, 2.05) is 13.8 Å². The molecule has 7 nitrogen and oxygen atoms in total. The van der Waals surface area contributed by atoms with Gasteiger partial charge < -0.3 is 20.9 Å². The molecule has 0 aromatic carbocycles. The molecule has 0 radical (unpaired) electrons. The zero-order valence-electron chi connectivity index (χ0n) is 12.9. The molecule has 0 aromatic heterocycles. The van der Waals surface area contributed by atoms with Crippen LogP contribution in [0.15, 0.2) is 0 Å². The number of aliphatic carboxylic acids is 1. The zero-order valence-corrected chi connectivity index (χ0v) is 12.9. The van der Waals surface area contributed by atoms with Gasteiger partial charge in [0, 0.05) is 12.8 Å². The maximum absolute atomic E-state index is 11.9. The number of carbonyl (C=O) groups is 3. The van der Waals surface area contributed by atoms with Gasteiger partial charge in [0.1, 0.15) is 6.04 Å². The van der Waals surface area contributed by atoms with Gasteiger partial charge in [-0.1, -0.05) is 13.8 Å². The Morgan fingerprint density at radius 3 is 2.33 bits per heavy atom. The van der Waals surface area contributed by atoms with Crippen LogP contribution in [-0.4, -0.2) is 42.6 Å². The van der Waals surface area contributed by atoms with E-state index >= 15 is 0 Å².